The van der Waals surface area contributed by atoms with Gasteiger partial charge >= 0.3 is 0 Å². The van der Waals surface area contributed by atoms with E-state index in [1.165, 1.54) is 11.1 Å². The Morgan fingerprint density at radius 3 is 1.58 bits per heavy atom. The van der Waals surface area contributed by atoms with Gasteiger partial charge in [-0.2, -0.15) is 0 Å². The lowest BCUT2D eigenvalue weighted by atomic mass is 10.0. The van der Waals surface area contributed by atoms with E-state index < -0.39 is 0 Å². The topological polar surface area (TPSA) is 18.5 Å². The molecule has 0 spiro atoms. The van der Waals surface area contributed by atoms with Gasteiger partial charge in [0, 0.05) is 11.1 Å². The first-order chi connectivity index (χ1) is 11.8. The molecule has 0 unspecified atom stereocenters. The number of aryl methyl sites for hydroxylation is 2. The second-order valence-corrected chi connectivity index (χ2v) is 6.19. The smallest absolute Gasteiger partial charge is 0.126 e. The van der Waals surface area contributed by atoms with Crippen LogP contribution in [0, 0.1) is 0 Å². The lowest BCUT2D eigenvalue weighted by molar-refractivity contribution is 0.265. The Labute approximate surface area is 145 Å². The average Bonchev–Trinajstić information content (AvgIpc) is 2.62. The minimum Gasteiger partial charge on any atom is -0.493 e. The van der Waals surface area contributed by atoms with Crippen LogP contribution in [-0.4, -0.2) is 13.2 Å². The van der Waals surface area contributed by atoms with Gasteiger partial charge in [0.25, 0.3) is 0 Å². The Morgan fingerprint density at radius 2 is 1.17 bits per heavy atom. The molecular weight excluding hydrogens is 296 g/mol. The summed E-state index contributed by atoms with van der Waals surface area (Å²) in [5, 5.41) is 0. The van der Waals surface area contributed by atoms with E-state index in [0.29, 0.717) is 0 Å². The molecule has 0 N–H and O–H groups in total. The molecule has 0 aromatic heterocycles. The zero-order valence-corrected chi connectivity index (χ0v) is 14.7. The summed E-state index contributed by atoms with van der Waals surface area (Å²) in [6, 6.07) is 13.0. The van der Waals surface area contributed by atoms with Crippen LogP contribution in [0.3, 0.4) is 0 Å². The van der Waals surface area contributed by atoms with Gasteiger partial charge in [0.05, 0.1) is 13.2 Å². The van der Waals surface area contributed by atoms with Crippen molar-refractivity contribution in [2.45, 2.75) is 39.5 Å². The minimum atomic E-state index is 0.733. The van der Waals surface area contributed by atoms with E-state index in [0.717, 1.165) is 61.5 Å². The number of hydrogen-bond donors (Lipinski definition) is 0. The highest BCUT2D eigenvalue weighted by Gasteiger charge is 2.07. The third-order valence-corrected chi connectivity index (χ3v) is 4.46. The van der Waals surface area contributed by atoms with Gasteiger partial charge in [-0.1, -0.05) is 38.1 Å². The molecule has 126 valence electrons. The van der Waals surface area contributed by atoms with Crippen molar-refractivity contribution in [3.63, 3.8) is 0 Å². The average molecular weight is 322 g/mol. The van der Waals surface area contributed by atoms with Crippen molar-refractivity contribution >= 4 is 12.2 Å². The van der Waals surface area contributed by atoms with Crippen LogP contribution in [0.5, 0.6) is 11.5 Å². The largest absolute Gasteiger partial charge is 0.493 e. The summed E-state index contributed by atoms with van der Waals surface area (Å²) in [6.45, 7) is 5.82. The SMILES string of the molecule is CCc1ccc2c(c1)/C=C\c1cc(CC)ccc1OCCCCO2. The van der Waals surface area contributed by atoms with Gasteiger partial charge in [0.1, 0.15) is 11.5 Å². The highest BCUT2D eigenvalue weighted by atomic mass is 16.5. The molecule has 0 amide bonds. The van der Waals surface area contributed by atoms with Gasteiger partial charge in [0.15, 0.2) is 0 Å². The fourth-order valence-corrected chi connectivity index (χ4v) is 2.91. The van der Waals surface area contributed by atoms with Crippen LogP contribution >= 0.6 is 0 Å². The summed E-state index contributed by atoms with van der Waals surface area (Å²) >= 11 is 0. The lowest BCUT2D eigenvalue weighted by Crippen LogP contribution is -2.05. The number of hydrogen-bond acceptors (Lipinski definition) is 2. The quantitative estimate of drug-likeness (QED) is 0.723. The maximum atomic E-state index is 5.99. The number of fused-ring (bicyclic) bond motifs is 2. The highest BCUT2D eigenvalue weighted by molar-refractivity contribution is 5.75. The van der Waals surface area contributed by atoms with Crippen molar-refractivity contribution in [1.29, 1.82) is 0 Å². The first-order valence-corrected chi connectivity index (χ1v) is 8.99. The molecule has 1 aliphatic heterocycles. The predicted molar refractivity (Wildman–Crippen MR) is 101 cm³/mol. The Kier molecular flexibility index (Phi) is 5.58. The van der Waals surface area contributed by atoms with Crippen molar-refractivity contribution in [2.75, 3.05) is 13.2 Å². The van der Waals surface area contributed by atoms with Gasteiger partial charge in [-0.15, -0.1) is 0 Å². The van der Waals surface area contributed by atoms with Gasteiger partial charge < -0.3 is 9.47 Å². The summed E-state index contributed by atoms with van der Waals surface area (Å²) < 4.78 is 12.0. The van der Waals surface area contributed by atoms with Crippen LogP contribution in [0.15, 0.2) is 36.4 Å². The molecule has 1 heterocycles. The fraction of sp³-hybridized carbons (Fsp3) is 0.364. The highest BCUT2D eigenvalue weighted by Crippen LogP contribution is 2.27. The summed E-state index contributed by atoms with van der Waals surface area (Å²) in [5.41, 5.74) is 4.94. The van der Waals surface area contributed by atoms with E-state index in [1.807, 2.05) is 0 Å². The molecule has 2 heteroatoms. The van der Waals surface area contributed by atoms with Gasteiger partial charge in [0.2, 0.25) is 0 Å². The molecular formula is C22H26O2. The summed E-state index contributed by atoms with van der Waals surface area (Å²) in [5.74, 6) is 1.94. The second-order valence-electron chi connectivity index (χ2n) is 6.19. The van der Waals surface area contributed by atoms with Gasteiger partial charge in [-0.05, 0) is 61.1 Å². The Hall–Kier alpha value is -2.22. The van der Waals surface area contributed by atoms with Gasteiger partial charge in [-0.3, -0.25) is 0 Å². The van der Waals surface area contributed by atoms with E-state index in [-0.39, 0.29) is 0 Å². The second kappa shape index (κ2) is 8.05. The van der Waals surface area contributed by atoms with E-state index in [1.54, 1.807) is 0 Å². The van der Waals surface area contributed by atoms with E-state index in [4.69, 9.17) is 9.47 Å². The molecule has 24 heavy (non-hydrogen) atoms. The predicted octanol–water partition coefficient (Wildman–Crippen LogP) is 5.53. The minimum absolute atomic E-state index is 0.733. The Balaban J connectivity index is 2.02. The molecule has 0 radical (unpaired) electrons. The third kappa shape index (κ3) is 4.00. The van der Waals surface area contributed by atoms with Crippen molar-refractivity contribution in [3.05, 3.63) is 58.7 Å². The molecule has 0 aliphatic carbocycles. The van der Waals surface area contributed by atoms with Crippen molar-refractivity contribution in [3.8, 4) is 11.5 Å². The van der Waals surface area contributed by atoms with E-state index in [2.05, 4.69) is 62.4 Å². The monoisotopic (exact) mass is 322 g/mol. The molecule has 0 atom stereocenters. The van der Waals surface area contributed by atoms with Crippen LogP contribution in [0.2, 0.25) is 0 Å². The first kappa shape index (κ1) is 16.6. The fourth-order valence-electron chi connectivity index (χ4n) is 2.91. The van der Waals surface area contributed by atoms with Crippen LogP contribution in [0.4, 0.5) is 0 Å². The summed E-state index contributed by atoms with van der Waals surface area (Å²) in [4.78, 5) is 0. The van der Waals surface area contributed by atoms with Crippen molar-refractivity contribution in [1.82, 2.24) is 0 Å². The van der Waals surface area contributed by atoms with Crippen LogP contribution in [0.25, 0.3) is 12.2 Å². The standard InChI is InChI=1S/C22H26O2/c1-3-17-7-11-21-19(15-17)9-10-20-16-18(4-2)8-12-22(20)24-14-6-5-13-23-21/h7-12,15-16H,3-6,13-14H2,1-2H3/b10-9-. The van der Waals surface area contributed by atoms with Crippen LogP contribution < -0.4 is 9.47 Å². The van der Waals surface area contributed by atoms with E-state index in [9.17, 15) is 0 Å². The van der Waals surface area contributed by atoms with Crippen LogP contribution in [0.1, 0.15) is 48.9 Å². The Bertz CT molecular complexity index is 654. The maximum absolute atomic E-state index is 5.99. The number of rotatable bonds is 2. The normalized spacial score (nSPS) is 15.8. The molecule has 3 rings (SSSR count). The summed E-state index contributed by atoms with van der Waals surface area (Å²) in [7, 11) is 0. The Morgan fingerprint density at radius 1 is 0.708 bits per heavy atom. The zero-order chi connectivity index (χ0) is 16.8. The third-order valence-electron chi connectivity index (χ3n) is 4.46. The lowest BCUT2D eigenvalue weighted by Gasteiger charge is -2.14. The molecule has 1 aliphatic rings. The van der Waals surface area contributed by atoms with Crippen LogP contribution in [-0.2, 0) is 12.8 Å². The van der Waals surface area contributed by atoms with Crippen molar-refractivity contribution in [2.24, 2.45) is 0 Å². The summed E-state index contributed by atoms with van der Waals surface area (Å²) in [6.07, 6.45) is 8.36. The zero-order valence-electron chi connectivity index (χ0n) is 14.7. The number of ether oxygens (including phenoxy) is 2. The molecule has 0 fully saturated rings. The molecule has 2 nitrogen and oxygen atoms in total. The van der Waals surface area contributed by atoms with Crippen molar-refractivity contribution < 1.29 is 9.47 Å². The molecule has 2 aromatic rings. The number of benzene rings is 2. The molecule has 0 bridgehead atoms. The molecule has 2 aromatic carbocycles. The maximum Gasteiger partial charge on any atom is 0.126 e. The first-order valence-electron chi connectivity index (χ1n) is 8.99. The molecule has 0 saturated heterocycles. The van der Waals surface area contributed by atoms with E-state index >= 15 is 0 Å². The van der Waals surface area contributed by atoms with Gasteiger partial charge in [-0.25, -0.2) is 0 Å². The molecule has 0 saturated carbocycles.